The number of thioether (sulfide) groups is 1. The molecule has 0 radical (unpaired) electrons. The van der Waals surface area contributed by atoms with Crippen molar-refractivity contribution in [3.8, 4) is 5.69 Å². The van der Waals surface area contributed by atoms with Gasteiger partial charge >= 0.3 is 6.18 Å². The van der Waals surface area contributed by atoms with Gasteiger partial charge in [0.2, 0.25) is 0 Å². The lowest BCUT2D eigenvalue weighted by molar-refractivity contribution is -0.137. The van der Waals surface area contributed by atoms with Gasteiger partial charge in [0.05, 0.1) is 28.6 Å². The minimum absolute atomic E-state index is 0.0824. The van der Waals surface area contributed by atoms with E-state index in [2.05, 4.69) is 10.5 Å². The summed E-state index contributed by atoms with van der Waals surface area (Å²) in [5.74, 6) is -0.540. The van der Waals surface area contributed by atoms with Gasteiger partial charge in [-0.1, -0.05) is 35.5 Å². The van der Waals surface area contributed by atoms with Crippen molar-refractivity contribution in [2.75, 3.05) is 5.75 Å². The molecule has 196 valence electrons. The van der Waals surface area contributed by atoms with E-state index in [0.717, 1.165) is 55.1 Å². The molecule has 6 nitrogen and oxygen atoms in total. The Balaban J connectivity index is 1.36. The highest BCUT2D eigenvalue weighted by Gasteiger charge is 2.29. The average molecular weight is 577 g/mol. The van der Waals surface area contributed by atoms with Crippen LogP contribution >= 0.6 is 34.7 Å². The SMILES string of the molecule is O=C(CSc1nc2sc3c(c2c(=O)n1-c1ccc(Cl)cc1)CCCC3)NN=Cc1ccc(C(F)(F)F)cc1. The van der Waals surface area contributed by atoms with Gasteiger partial charge in [0.15, 0.2) is 5.16 Å². The molecular formula is C26H20ClF3N4O2S2. The van der Waals surface area contributed by atoms with Crippen LogP contribution in [0.3, 0.4) is 0 Å². The van der Waals surface area contributed by atoms with E-state index in [1.807, 2.05) is 0 Å². The van der Waals surface area contributed by atoms with Crippen LogP contribution < -0.4 is 11.0 Å². The smallest absolute Gasteiger partial charge is 0.272 e. The number of hydrogen-bond donors (Lipinski definition) is 1. The van der Waals surface area contributed by atoms with Crippen LogP contribution in [-0.4, -0.2) is 27.4 Å². The first-order chi connectivity index (χ1) is 18.2. The third-order valence-corrected chi connectivity index (χ3v) is 8.39. The lowest BCUT2D eigenvalue weighted by Gasteiger charge is -2.13. The second kappa shape index (κ2) is 10.9. The predicted molar refractivity (Wildman–Crippen MR) is 145 cm³/mol. The van der Waals surface area contributed by atoms with E-state index in [9.17, 15) is 22.8 Å². The Hall–Kier alpha value is -3.15. The molecule has 0 atom stereocenters. The summed E-state index contributed by atoms with van der Waals surface area (Å²) >= 11 is 8.68. The number of aryl methyl sites for hydroxylation is 2. The highest BCUT2D eigenvalue weighted by atomic mass is 35.5. The van der Waals surface area contributed by atoms with Crippen LogP contribution in [0, 0.1) is 0 Å². The van der Waals surface area contributed by atoms with Crippen molar-refractivity contribution in [1.82, 2.24) is 15.0 Å². The van der Waals surface area contributed by atoms with Crippen molar-refractivity contribution in [3.05, 3.63) is 85.5 Å². The molecule has 0 bridgehead atoms. The number of carbonyl (C=O) groups is 1. The molecule has 2 aromatic carbocycles. The number of nitrogens with zero attached hydrogens (tertiary/aromatic N) is 3. The molecule has 0 aliphatic heterocycles. The molecule has 0 saturated heterocycles. The zero-order valence-corrected chi connectivity index (χ0v) is 22.1. The van der Waals surface area contributed by atoms with E-state index < -0.39 is 17.6 Å². The Kier molecular flexibility index (Phi) is 7.60. The fourth-order valence-electron chi connectivity index (χ4n) is 4.20. The van der Waals surface area contributed by atoms with E-state index in [1.165, 1.54) is 39.1 Å². The van der Waals surface area contributed by atoms with Gasteiger partial charge in [0, 0.05) is 9.90 Å². The number of rotatable bonds is 6. The minimum Gasteiger partial charge on any atom is -0.272 e. The normalized spacial score (nSPS) is 13.7. The van der Waals surface area contributed by atoms with Crippen LogP contribution in [0.2, 0.25) is 5.02 Å². The Bertz CT molecular complexity index is 1580. The van der Waals surface area contributed by atoms with E-state index in [1.54, 1.807) is 24.3 Å². The molecule has 4 aromatic rings. The number of hydrazone groups is 1. The van der Waals surface area contributed by atoms with Crippen molar-refractivity contribution in [1.29, 1.82) is 0 Å². The number of benzene rings is 2. The summed E-state index contributed by atoms with van der Waals surface area (Å²) in [6.07, 6.45) is 0.723. The van der Waals surface area contributed by atoms with Crippen LogP contribution in [0.1, 0.15) is 34.4 Å². The molecule has 0 saturated carbocycles. The monoisotopic (exact) mass is 576 g/mol. The standard InChI is InChI=1S/C26H20ClF3N4O2S2/c27-17-9-11-18(12-10-17)34-24(36)22-19-3-1-2-4-20(19)38-23(22)32-25(34)37-14-21(35)33-31-13-15-5-7-16(8-6-15)26(28,29)30/h5-13H,1-4,14H2,(H,33,35). The first kappa shape index (κ1) is 26.5. The molecule has 1 aliphatic carbocycles. The molecule has 0 unspecified atom stereocenters. The van der Waals surface area contributed by atoms with E-state index in [-0.39, 0.29) is 11.3 Å². The van der Waals surface area contributed by atoms with Gasteiger partial charge in [-0.2, -0.15) is 18.3 Å². The Morgan fingerprint density at radius 3 is 2.55 bits per heavy atom. The van der Waals surface area contributed by atoms with Gasteiger partial charge in [-0.25, -0.2) is 10.4 Å². The third-order valence-electron chi connectivity index (χ3n) is 6.02. The number of hydrogen-bond acceptors (Lipinski definition) is 6. The Labute approximate surface area is 228 Å². The number of alkyl halides is 3. The lowest BCUT2D eigenvalue weighted by Crippen LogP contribution is -2.24. The van der Waals surface area contributed by atoms with Gasteiger partial charge in [0.25, 0.3) is 11.5 Å². The zero-order valence-electron chi connectivity index (χ0n) is 19.7. The number of fused-ring (bicyclic) bond motifs is 3. The number of halogens is 4. The zero-order chi connectivity index (χ0) is 26.9. The van der Waals surface area contributed by atoms with Crippen molar-refractivity contribution in [3.63, 3.8) is 0 Å². The fourth-order valence-corrected chi connectivity index (χ4v) is 6.43. The number of thiophene rings is 1. The van der Waals surface area contributed by atoms with E-state index in [0.29, 0.717) is 31.6 Å². The number of nitrogens with one attached hydrogen (secondary N) is 1. The Morgan fingerprint density at radius 1 is 1.13 bits per heavy atom. The van der Waals surface area contributed by atoms with Gasteiger partial charge in [-0.05, 0) is 73.2 Å². The summed E-state index contributed by atoms with van der Waals surface area (Å²) in [5, 5.41) is 5.36. The van der Waals surface area contributed by atoms with Crippen LogP contribution in [0.4, 0.5) is 13.2 Å². The summed E-state index contributed by atoms with van der Waals surface area (Å²) in [6, 6.07) is 11.2. The highest BCUT2D eigenvalue weighted by Crippen LogP contribution is 2.35. The topological polar surface area (TPSA) is 76.3 Å². The maximum absolute atomic E-state index is 13.7. The summed E-state index contributed by atoms with van der Waals surface area (Å²) in [7, 11) is 0. The summed E-state index contributed by atoms with van der Waals surface area (Å²) < 4.78 is 39.6. The first-order valence-corrected chi connectivity index (χ1v) is 13.8. The van der Waals surface area contributed by atoms with Crippen LogP contribution in [0.25, 0.3) is 15.9 Å². The van der Waals surface area contributed by atoms with Crippen molar-refractivity contribution in [2.24, 2.45) is 5.10 Å². The largest absolute Gasteiger partial charge is 0.416 e. The number of amides is 1. The summed E-state index contributed by atoms with van der Waals surface area (Å²) in [6.45, 7) is 0. The van der Waals surface area contributed by atoms with Crippen LogP contribution in [0.5, 0.6) is 0 Å². The fraction of sp³-hybridized carbons (Fsp3) is 0.231. The molecular weight excluding hydrogens is 557 g/mol. The van der Waals surface area contributed by atoms with Crippen molar-refractivity contribution < 1.29 is 18.0 Å². The third kappa shape index (κ3) is 5.64. The molecule has 1 N–H and O–H groups in total. The van der Waals surface area contributed by atoms with Gasteiger partial charge in [0.1, 0.15) is 4.83 Å². The molecule has 5 rings (SSSR count). The van der Waals surface area contributed by atoms with Gasteiger partial charge in [-0.3, -0.25) is 14.2 Å². The number of aromatic nitrogens is 2. The summed E-state index contributed by atoms with van der Waals surface area (Å²) in [4.78, 5) is 32.8. The van der Waals surface area contributed by atoms with Gasteiger partial charge in [-0.15, -0.1) is 11.3 Å². The lowest BCUT2D eigenvalue weighted by atomic mass is 9.97. The molecule has 1 amide bonds. The second-order valence-corrected chi connectivity index (χ2v) is 11.1. The van der Waals surface area contributed by atoms with Gasteiger partial charge < -0.3 is 0 Å². The maximum Gasteiger partial charge on any atom is 0.416 e. The predicted octanol–water partition coefficient (Wildman–Crippen LogP) is 6.24. The Morgan fingerprint density at radius 2 is 1.84 bits per heavy atom. The van der Waals surface area contributed by atoms with Crippen LogP contribution in [-0.2, 0) is 23.8 Å². The first-order valence-electron chi connectivity index (χ1n) is 11.7. The molecule has 12 heteroatoms. The van der Waals surface area contributed by atoms with E-state index in [4.69, 9.17) is 16.6 Å². The molecule has 1 aliphatic rings. The number of carbonyl (C=O) groups excluding carboxylic acids is 1. The molecule has 0 fully saturated rings. The second-order valence-electron chi connectivity index (χ2n) is 8.60. The minimum atomic E-state index is -4.42. The van der Waals surface area contributed by atoms with Crippen molar-refractivity contribution >= 4 is 57.0 Å². The molecule has 0 spiro atoms. The highest BCUT2D eigenvalue weighted by molar-refractivity contribution is 7.99. The molecule has 38 heavy (non-hydrogen) atoms. The maximum atomic E-state index is 13.7. The average Bonchev–Trinajstić information content (AvgIpc) is 3.27. The van der Waals surface area contributed by atoms with E-state index >= 15 is 0 Å². The van der Waals surface area contributed by atoms with Crippen LogP contribution in [0.15, 0.2) is 63.6 Å². The molecule has 2 aromatic heterocycles. The molecule has 2 heterocycles. The van der Waals surface area contributed by atoms with Crippen molar-refractivity contribution in [2.45, 2.75) is 37.0 Å². The summed E-state index contributed by atoms with van der Waals surface area (Å²) in [5.41, 5.74) is 3.48. The quantitative estimate of drug-likeness (QED) is 0.128.